The quantitative estimate of drug-likeness (QED) is 0.607. The minimum Gasteiger partial charge on any atom is -0.334 e. The maximum atomic E-state index is 12.7. The number of nitrogens with zero attached hydrogens (tertiary/aromatic N) is 1. The number of Topliss-reactive ketones (excluding diaryl/α,β-unsaturated/α-hetero) is 1. The van der Waals surface area contributed by atoms with Crippen LogP contribution in [0, 0.1) is 0 Å². The first-order valence-electron chi connectivity index (χ1n) is 8.76. The molecule has 29 heavy (non-hydrogen) atoms. The topological polar surface area (TPSA) is 105 Å². The monoisotopic (exact) mass is 409 g/mol. The maximum Gasteiger partial charge on any atom is 0.319 e. The third kappa shape index (κ3) is 5.05. The molecule has 0 unspecified atom stereocenters. The van der Waals surface area contributed by atoms with Gasteiger partial charge in [0, 0.05) is 30.2 Å². The van der Waals surface area contributed by atoms with Gasteiger partial charge in [0.15, 0.2) is 5.78 Å². The average Bonchev–Trinajstić information content (AvgIpc) is 2.73. The molecule has 0 saturated heterocycles. The van der Waals surface area contributed by atoms with E-state index in [-0.39, 0.29) is 15.6 Å². The van der Waals surface area contributed by atoms with Gasteiger partial charge in [-0.3, -0.25) is 9.78 Å². The molecular formula is C21H19N3O4S. The second kappa shape index (κ2) is 8.66. The third-order valence-electron chi connectivity index (χ3n) is 4.17. The highest BCUT2D eigenvalue weighted by molar-refractivity contribution is 7.91. The van der Waals surface area contributed by atoms with E-state index in [9.17, 15) is 18.0 Å². The van der Waals surface area contributed by atoms with E-state index in [1.807, 2.05) is 6.07 Å². The number of ketones is 1. The molecule has 0 spiro atoms. The van der Waals surface area contributed by atoms with Crippen molar-refractivity contribution in [2.45, 2.75) is 23.3 Å². The molecule has 8 heteroatoms. The Morgan fingerprint density at radius 2 is 1.55 bits per heavy atom. The zero-order valence-corrected chi connectivity index (χ0v) is 16.4. The van der Waals surface area contributed by atoms with Gasteiger partial charge in [-0.1, -0.05) is 18.2 Å². The molecule has 0 fully saturated rings. The molecule has 2 amide bonds. The number of hydrogen-bond donors (Lipinski definition) is 2. The lowest BCUT2D eigenvalue weighted by Gasteiger charge is -2.09. The first-order chi connectivity index (χ1) is 13.9. The van der Waals surface area contributed by atoms with Crippen molar-refractivity contribution in [1.29, 1.82) is 0 Å². The van der Waals surface area contributed by atoms with Crippen LogP contribution in [0.3, 0.4) is 0 Å². The zero-order valence-electron chi connectivity index (χ0n) is 15.6. The predicted molar refractivity (Wildman–Crippen MR) is 108 cm³/mol. The predicted octanol–water partition coefficient (Wildman–Crippen LogP) is 3.44. The van der Waals surface area contributed by atoms with E-state index < -0.39 is 15.9 Å². The molecule has 0 radical (unpaired) electrons. The van der Waals surface area contributed by atoms with Gasteiger partial charge in [0.2, 0.25) is 9.84 Å². The minimum absolute atomic E-state index is 0.0920. The van der Waals surface area contributed by atoms with Crippen LogP contribution < -0.4 is 10.6 Å². The molecule has 0 aliphatic heterocycles. The third-order valence-corrected chi connectivity index (χ3v) is 5.96. The fraction of sp³-hybridized carbons (Fsp3) is 0.0952. The van der Waals surface area contributed by atoms with Gasteiger partial charge in [-0.2, -0.15) is 0 Å². The highest BCUT2D eigenvalue weighted by atomic mass is 32.2. The van der Waals surface area contributed by atoms with Crippen molar-refractivity contribution in [2.75, 3.05) is 5.32 Å². The Kier molecular flexibility index (Phi) is 6.04. The van der Waals surface area contributed by atoms with Crippen LogP contribution in [-0.4, -0.2) is 25.2 Å². The Labute approximate surface area is 168 Å². The molecule has 3 rings (SSSR count). The Balaban J connectivity index is 1.65. The van der Waals surface area contributed by atoms with Gasteiger partial charge in [-0.15, -0.1) is 0 Å². The summed E-state index contributed by atoms with van der Waals surface area (Å²) in [4.78, 5) is 27.5. The van der Waals surface area contributed by atoms with E-state index in [1.54, 1.807) is 18.5 Å². The van der Waals surface area contributed by atoms with Crippen molar-refractivity contribution in [3.8, 4) is 0 Å². The molecule has 7 nitrogen and oxygen atoms in total. The van der Waals surface area contributed by atoms with Crippen molar-refractivity contribution >= 4 is 27.3 Å². The molecule has 0 atom stereocenters. The summed E-state index contributed by atoms with van der Waals surface area (Å²) in [6, 6.07) is 14.9. The number of urea groups is 1. The van der Waals surface area contributed by atoms with Gasteiger partial charge < -0.3 is 10.6 Å². The van der Waals surface area contributed by atoms with Crippen molar-refractivity contribution in [3.05, 3.63) is 84.2 Å². The standard InChI is InChI=1S/C21H19N3O4S/c1-15(25)17-4-8-19(9-5-17)29(27,28)20-10-6-18(7-11-20)24-21(26)23-14-16-3-2-12-22-13-16/h2-13H,14H2,1H3,(H2,23,24,26). The van der Waals surface area contributed by atoms with Crippen LogP contribution in [0.5, 0.6) is 0 Å². The van der Waals surface area contributed by atoms with Crippen LogP contribution in [0.4, 0.5) is 10.5 Å². The van der Waals surface area contributed by atoms with Gasteiger partial charge in [0.25, 0.3) is 0 Å². The lowest BCUT2D eigenvalue weighted by molar-refractivity contribution is 0.101. The molecule has 0 bridgehead atoms. The number of hydrogen-bond acceptors (Lipinski definition) is 5. The summed E-state index contributed by atoms with van der Waals surface area (Å²) in [6.45, 7) is 1.74. The Bertz CT molecular complexity index is 1110. The van der Waals surface area contributed by atoms with Crippen molar-refractivity contribution < 1.29 is 18.0 Å². The number of amides is 2. The summed E-state index contributed by atoms with van der Waals surface area (Å²) in [5.74, 6) is -0.133. The van der Waals surface area contributed by atoms with Gasteiger partial charge in [-0.05, 0) is 55.0 Å². The zero-order chi connectivity index (χ0) is 20.9. The molecule has 2 N–H and O–H groups in total. The number of nitrogens with one attached hydrogen (secondary N) is 2. The number of benzene rings is 2. The van der Waals surface area contributed by atoms with Crippen LogP contribution in [0.1, 0.15) is 22.8 Å². The summed E-state index contributed by atoms with van der Waals surface area (Å²) < 4.78 is 25.4. The van der Waals surface area contributed by atoms with Gasteiger partial charge >= 0.3 is 6.03 Å². The van der Waals surface area contributed by atoms with Gasteiger partial charge in [-0.25, -0.2) is 13.2 Å². The summed E-state index contributed by atoms with van der Waals surface area (Å²) in [6.07, 6.45) is 3.31. The fourth-order valence-corrected chi connectivity index (χ4v) is 3.84. The van der Waals surface area contributed by atoms with E-state index in [1.165, 1.54) is 55.5 Å². The molecule has 148 valence electrons. The fourth-order valence-electron chi connectivity index (χ4n) is 2.58. The number of anilines is 1. The van der Waals surface area contributed by atoms with E-state index in [0.29, 0.717) is 17.8 Å². The number of pyridine rings is 1. The number of aromatic nitrogens is 1. The Hall–Kier alpha value is -3.52. The van der Waals surface area contributed by atoms with Crippen molar-refractivity contribution in [2.24, 2.45) is 0 Å². The van der Waals surface area contributed by atoms with E-state index in [0.717, 1.165) is 5.56 Å². The first-order valence-corrected chi connectivity index (χ1v) is 10.2. The Morgan fingerprint density at radius 1 is 0.931 bits per heavy atom. The molecule has 0 aliphatic carbocycles. The molecule has 0 saturated carbocycles. The van der Waals surface area contributed by atoms with Crippen LogP contribution in [0.25, 0.3) is 0 Å². The first kappa shape index (κ1) is 20.2. The lowest BCUT2D eigenvalue weighted by Crippen LogP contribution is -2.28. The SMILES string of the molecule is CC(=O)c1ccc(S(=O)(=O)c2ccc(NC(=O)NCc3cccnc3)cc2)cc1. The van der Waals surface area contributed by atoms with Crippen LogP contribution in [0.15, 0.2) is 82.8 Å². The number of sulfone groups is 1. The van der Waals surface area contributed by atoms with Crippen molar-refractivity contribution in [3.63, 3.8) is 0 Å². The summed E-state index contributed by atoms with van der Waals surface area (Å²) in [7, 11) is -3.72. The van der Waals surface area contributed by atoms with Crippen LogP contribution in [0.2, 0.25) is 0 Å². The molecule has 2 aromatic carbocycles. The molecule has 1 heterocycles. The smallest absolute Gasteiger partial charge is 0.319 e. The van der Waals surface area contributed by atoms with E-state index in [2.05, 4.69) is 15.6 Å². The van der Waals surface area contributed by atoms with E-state index in [4.69, 9.17) is 0 Å². The minimum atomic E-state index is -3.72. The van der Waals surface area contributed by atoms with Crippen LogP contribution in [-0.2, 0) is 16.4 Å². The number of rotatable bonds is 6. The largest absolute Gasteiger partial charge is 0.334 e. The maximum absolute atomic E-state index is 12.7. The normalized spacial score (nSPS) is 10.9. The number of carbonyl (C=O) groups excluding carboxylic acids is 2. The molecule has 1 aromatic heterocycles. The molecule has 0 aliphatic rings. The molecular weight excluding hydrogens is 390 g/mol. The van der Waals surface area contributed by atoms with Gasteiger partial charge in [0.1, 0.15) is 0 Å². The van der Waals surface area contributed by atoms with Crippen molar-refractivity contribution in [1.82, 2.24) is 10.3 Å². The second-order valence-electron chi connectivity index (χ2n) is 6.28. The Morgan fingerprint density at radius 3 is 2.10 bits per heavy atom. The molecule has 3 aromatic rings. The second-order valence-corrected chi connectivity index (χ2v) is 8.23. The number of carbonyl (C=O) groups is 2. The average molecular weight is 409 g/mol. The highest BCUT2D eigenvalue weighted by Gasteiger charge is 2.18. The lowest BCUT2D eigenvalue weighted by atomic mass is 10.2. The highest BCUT2D eigenvalue weighted by Crippen LogP contribution is 2.23. The summed E-state index contributed by atoms with van der Waals surface area (Å²) in [5.41, 5.74) is 1.76. The summed E-state index contributed by atoms with van der Waals surface area (Å²) >= 11 is 0. The van der Waals surface area contributed by atoms with Crippen LogP contribution >= 0.6 is 0 Å². The van der Waals surface area contributed by atoms with E-state index >= 15 is 0 Å². The summed E-state index contributed by atoms with van der Waals surface area (Å²) in [5, 5.41) is 5.34. The van der Waals surface area contributed by atoms with Gasteiger partial charge in [0.05, 0.1) is 9.79 Å².